The van der Waals surface area contributed by atoms with Gasteiger partial charge in [0.25, 0.3) is 0 Å². The lowest BCUT2D eigenvalue weighted by atomic mass is 10.1. The summed E-state index contributed by atoms with van der Waals surface area (Å²) in [6.45, 7) is 3.63. The highest BCUT2D eigenvalue weighted by atomic mass is 16.5. The first kappa shape index (κ1) is 19.6. The maximum absolute atomic E-state index is 12.1. The number of benzene rings is 1. The number of aromatic nitrogens is 3. The molecule has 3 aromatic rings. The Morgan fingerprint density at radius 2 is 2.10 bits per heavy atom. The summed E-state index contributed by atoms with van der Waals surface area (Å²) in [6, 6.07) is 11.6. The van der Waals surface area contributed by atoms with Crippen LogP contribution in [0.15, 0.2) is 48.9 Å². The van der Waals surface area contributed by atoms with Crippen molar-refractivity contribution in [3.63, 3.8) is 0 Å². The summed E-state index contributed by atoms with van der Waals surface area (Å²) >= 11 is 0. The van der Waals surface area contributed by atoms with Gasteiger partial charge in [0.1, 0.15) is 24.5 Å². The molecule has 8 nitrogen and oxygen atoms in total. The third kappa shape index (κ3) is 4.17. The number of rotatable bonds is 5. The lowest BCUT2D eigenvalue weighted by Crippen LogP contribution is -2.43. The molecular formula is C22H24N6O2. The number of para-hydroxylation sites is 1. The summed E-state index contributed by atoms with van der Waals surface area (Å²) in [5.74, 6) is 1.52. The van der Waals surface area contributed by atoms with Gasteiger partial charge in [0.15, 0.2) is 0 Å². The smallest absolute Gasteiger partial charge is 0.321 e. The summed E-state index contributed by atoms with van der Waals surface area (Å²) in [5.41, 5.74) is 4.59. The number of amides is 2. The number of fused-ring (bicyclic) bond motifs is 1. The Kier molecular flexibility index (Phi) is 5.74. The van der Waals surface area contributed by atoms with Gasteiger partial charge in [0, 0.05) is 37.1 Å². The summed E-state index contributed by atoms with van der Waals surface area (Å²) < 4.78 is 5.89. The van der Waals surface area contributed by atoms with E-state index in [-0.39, 0.29) is 6.03 Å². The van der Waals surface area contributed by atoms with Crippen molar-refractivity contribution >= 4 is 17.5 Å². The number of hydrogen-bond donors (Lipinski definition) is 2. The van der Waals surface area contributed by atoms with Crippen LogP contribution in [0.5, 0.6) is 5.75 Å². The first-order valence-corrected chi connectivity index (χ1v) is 9.88. The van der Waals surface area contributed by atoms with Gasteiger partial charge in [-0.3, -0.25) is 9.88 Å². The van der Waals surface area contributed by atoms with E-state index in [9.17, 15) is 4.79 Å². The molecule has 0 unspecified atom stereocenters. The molecule has 0 saturated carbocycles. The molecule has 0 radical (unpaired) electrons. The van der Waals surface area contributed by atoms with Crippen LogP contribution in [0, 0.1) is 6.92 Å². The number of anilines is 2. The Morgan fingerprint density at radius 3 is 2.90 bits per heavy atom. The Labute approximate surface area is 175 Å². The Balaban J connectivity index is 1.45. The van der Waals surface area contributed by atoms with Crippen molar-refractivity contribution in [2.45, 2.75) is 13.3 Å². The SMILES string of the molecule is CNC(=O)N1CCOc2c(CCNc3cc(-c4ccc(C)nc4)ncn3)cccc21. The van der Waals surface area contributed by atoms with Gasteiger partial charge < -0.3 is 15.4 Å². The first-order valence-electron chi connectivity index (χ1n) is 9.88. The minimum atomic E-state index is -0.131. The van der Waals surface area contributed by atoms with E-state index in [0.717, 1.165) is 46.2 Å². The highest BCUT2D eigenvalue weighted by Crippen LogP contribution is 2.35. The van der Waals surface area contributed by atoms with Crippen LogP contribution >= 0.6 is 0 Å². The summed E-state index contributed by atoms with van der Waals surface area (Å²) in [6.07, 6.45) is 4.09. The van der Waals surface area contributed by atoms with E-state index >= 15 is 0 Å². The molecule has 0 aliphatic carbocycles. The molecular weight excluding hydrogens is 380 g/mol. The fraction of sp³-hybridized carbons (Fsp3) is 0.273. The molecule has 0 saturated heterocycles. The van der Waals surface area contributed by atoms with Crippen LogP contribution < -0.4 is 20.3 Å². The predicted molar refractivity (Wildman–Crippen MR) is 116 cm³/mol. The van der Waals surface area contributed by atoms with Gasteiger partial charge in [-0.1, -0.05) is 12.1 Å². The standard InChI is InChI=1S/C22H24N6O2/c1-15-6-7-17(13-25-15)18-12-20(27-14-26-18)24-9-8-16-4-3-5-19-21(16)30-11-10-28(19)22(29)23-2/h3-7,12-14H,8-11H2,1-2H3,(H,23,29)(H,24,26,27). The molecule has 1 aromatic carbocycles. The summed E-state index contributed by atoms with van der Waals surface area (Å²) in [7, 11) is 1.63. The fourth-order valence-electron chi connectivity index (χ4n) is 3.41. The highest BCUT2D eigenvalue weighted by molar-refractivity contribution is 5.94. The van der Waals surface area contributed by atoms with Gasteiger partial charge >= 0.3 is 6.03 Å². The van der Waals surface area contributed by atoms with E-state index in [1.807, 2.05) is 49.5 Å². The second-order valence-electron chi connectivity index (χ2n) is 6.97. The largest absolute Gasteiger partial charge is 0.489 e. The van der Waals surface area contributed by atoms with Gasteiger partial charge in [-0.15, -0.1) is 0 Å². The van der Waals surface area contributed by atoms with Gasteiger partial charge in [-0.25, -0.2) is 14.8 Å². The number of carbonyl (C=O) groups excluding carboxylic acids is 1. The lowest BCUT2D eigenvalue weighted by molar-refractivity contribution is 0.241. The predicted octanol–water partition coefficient (Wildman–Crippen LogP) is 3.04. The molecule has 8 heteroatoms. The zero-order valence-electron chi connectivity index (χ0n) is 17.1. The minimum Gasteiger partial charge on any atom is -0.489 e. The second-order valence-corrected chi connectivity index (χ2v) is 6.97. The molecule has 0 spiro atoms. The molecule has 1 aliphatic heterocycles. The maximum Gasteiger partial charge on any atom is 0.321 e. The van der Waals surface area contributed by atoms with Gasteiger partial charge in [0.05, 0.1) is 17.9 Å². The Bertz CT molecular complexity index is 1040. The van der Waals surface area contributed by atoms with Crippen molar-refractivity contribution < 1.29 is 9.53 Å². The van der Waals surface area contributed by atoms with Crippen LogP contribution in [-0.2, 0) is 6.42 Å². The number of urea groups is 1. The molecule has 154 valence electrons. The van der Waals surface area contributed by atoms with Crippen LogP contribution in [0.4, 0.5) is 16.3 Å². The van der Waals surface area contributed by atoms with Crippen molar-refractivity contribution in [1.82, 2.24) is 20.3 Å². The molecule has 0 bridgehead atoms. The molecule has 0 atom stereocenters. The van der Waals surface area contributed by atoms with Gasteiger partial charge in [-0.05, 0) is 37.1 Å². The molecule has 2 N–H and O–H groups in total. The first-order chi connectivity index (χ1) is 14.7. The lowest BCUT2D eigenvalue weighted by Gasteiger charge is -2.30. The number of aryl methyl sites for hydroxylation is 1. The van der Waals surface area contributed by atoms with E-state index in [4.69, 9.17) is 4.74 Å². The van der Waals surface area contributed by atoms with Crippen LogP contribution in [0.3, 0.4) is 0 Å². The number of nitrogens with zero attached hydrogens (tertiary/aromatic N) is 4. The average molecular weight is 404 g/mol. The van der Waals surface area contributed by atoms with E-state index < -0.39 is 0 Å². The molecule has 2 amide bonds. The van der Waals surface area contributed by atoms with Crippen molar-refractivity contribution in [2.75, 3.05) is 37.0 Å². The second kappa shape index (κ2) is 8.77. The molecule has 2 aromatic heterocycles. The number of pyridine rings is 1. The molecule has 3 heterocycles. The van der Waals surface area contributed by atoms with Crippen molar-refractivity contribution in [2.24, 2.45) is 0 Å². The van der Waals surface area contributed by atoms with E-state index in [2.05, 4.69) is 25.6 Å². The molecule has 30 heavy (non-hydrogen) atoms. The number of hydrogen-bond acceptors (Lipinski definition) is 6. The topological polar surface area (TPSA) is 92.3 Å². The zero-order valence-corrected chi connectivity index (χ0v) is 17.1. The molecule has 0 fully saturated rings. The third-order valence-corrected chi connectivity index (χ3v) is 4.96. The number of ether oxygens (including phenoxy) is 1. The summed E-state index contributed by atoms with van der Waals surface area (Å²) in [4.78, 5) is 26.8. The summed E-state index contributed by atoms with van der Waals surface area (Å²) in [5, 5.41) is 6.03. The zero-order chi connectivity index (χ0) is 20.9. The third-order valence-electron chi connectivity index (χ3n) is 4.96. The minimum absolute atomic E-state index is 0.131. The quantitative estimate of drug-likeness (QED) is 0.679. The van der Waals surface area contributed by atoms with Crippen LogP contribution in [0.25, 0.3) is 11.3 Å². The van der Waals surface area contributed by atoms with Gasteiger partial charge in [-0.2, -0.15) is 0 Å². The van der Waals surface area contributed by atoms with Gasteiger partial charge in [0.2, 0.25) is 0 Å². The number of carbonyl (C=O) groups is 1. The van der Waals surface area contributed by atoms with Crippen LogP contribution in [-0.4, -0.2) is 47.7 Å². The monoisotopic (exact) mass is 404 g/mol. The van der Waals surface area contributed by atoms with Crippen molar-refractivity contribution in [3.8, 4) is 17.0 Å². The normalized spacial score (nSPS) is 12.7. The maximum atomic E-state index is 12.1. The van der Waals surface area contributed by atoms with E-state index in [1.54, 1.807) is 18.3 Å². The Hall–Kier alpha value is -3.68. The highest BCUT2D eigenvalue weighted by Gasteiger charge is 2.24. The molecule has 4 rings (SSSR count). The fourth-order valence-corrected chi connectivity index (χ4v) is 3.41. The average Bonchev–Trinajstić information content (AvgIpc) is 2.79. The number of nitrogens with one attached hydrogen (secondary N) is 2. The van der Waals surface area contributed by atoms with Crippen molar-refractivity contribution in [1.29, 1.82) is 0 Å². The Morgan fingerprint density at radius 1 is 1.20 bits per heavy atom. The molecule has 1 aliphatic rings. The van der Waals surface area contributed by atoms with E-state index in [0.29, 0.717) is 19.7 Å². The van der Waals surface area contributed by atoms with Crippen LogP contribution in [0.2, 0.25) is 0 Å². The van der Waals surface area contributed by atoms with Crippen LogP contribution in [0.1, 0.15) is 11.3 Å². The van der Waals surface area contributed by atoms with E-state index in [1.165, 1.54) is 0 Å². The van der Waals surface area contributed by atoms with Crippen molar-refractivity contribution in [3.05, 3.63) is 60.2 Å².